The first-order chi connectivity index (χ1) is 11.8. The van der Waals surface area contributed by atoms with Gasteiger partial charge in [-0.05, 0) is 18.1 Å². The average molecular weight is 401 g/mol. The number of nitrogens with one attached hydrogen (secondary N) is 1. The van der Waals surface area contributed by atoms with Gasteiger partial charge in [0.05, 0.1) is 5.75 Å². The number of hydrogen-bond acceptors (Lipinski definition) is 7. The highest BCUT2D eigenvalue weighted by Crippen LogP contribution is 2.37. The quantitative estimate of drug-likeness (QED) is 0.568. The third kappa shape index (κ3) is 4.83. The molecule has 0 aliphatic rings. The molecule has 0 fully saturated rings. The Balaban J connectivity index is 2.21. The molecule has 2 aromatic heterocycles. The van der Waals surface area contributed by atoms with Crippen molar-refractivity contribution in [3.8, 4) is 10.6 Å². The van der Waals surface area contributed by atoms with Crippen molar-refractivity contribution in [1.82, 2.24) is 9.97 Å². The predicted octanol–water partition coefficient (Wildman–Crippen LogP) is 2.80. The van der Waals surface area contributed by atoms with Crippen molar-refractivity contribution in [2.45, 2.75) is 19.8 Å². The van der Waals surface area contributed by atoms with Gasteiger partial charge < -0.3 is 4.90 Å². The molecule has 25 heavy (non-hydrogen) atoms. The molecule has 0 saturated carbocycles. The summed E-state index contributed by atoms with van der Waals surface area (Å²) in [6.07, 6.45) is 4.06. The maximum atomic E-state index is 12.2. The van der Waals surface area contributed by atoms with Crippen LogP contribution in [0.1, 0.15) is 18.9 Å². The standard InChI is InChI=1S/C15H17ClN4O3S2/c1-3-10-6-11(8-18-7-10)14-19-13(16)15(24-14)20(2)12(21)4-5-25(22,23)9-17/h6-9,17H,3-5H2,1-2H3. The van der Waals surface area contributed by atoms with E-state index in [-0.39, 0.29) is 11.6 Å². The number of carbonyl (C=O) groups excluding carboxylic acids is 1. The number of hydrogen-bond donors (Lipinski definition) is 1. The molecule has 2 heterocycles. The lowest BCUT2D eigenvalue weighted by Crippen LogP contribution is -2.27. The zero-order valence-corrected chi connectivity index (χ0v) is 16.1. The number of halogens is 1. The summed E-state index contributed by atoms with van der Waals surface area (Å²) in [6.45, 7) is 2.02. The number of rotatable bonds is 7. The fraction of sp³-hybridized carbons (Fsp3) is 0.333. The Kier molecular flexibility index (Phi) is 6.26. The number of aromatic nitrogens is 2. The van der Waals surface area contributed by atoms with Crippen molar-refractivity contribution in [2.24, 2.45) is 0 Å². The molecule has 7 nitrogen and oxygen atoms in total. The molecule has 0 radical (unpaired) electrons. The highest BCUT2D eigenvalue weighted by atomic mass is 35.5. The van der Waals surface area contributed by atoms with Crippen LogP contribution in [0.4, 0.5) is 5.00 Å². The van der Waals surface area contributed by atoms with Crippen LogP contribution in [0.25, 0.3) is 10.6 Å². The van der Waals surface area contributed by atoms with Crippen LogP contribution in [-0.2, 0) is 21.1 Å². The molecule has 134 valence electrons. The van der Waals surface area contributed by atoms with Crippen LogP contribution in [0.3, 0.4) is 0 Å². The number of amides is 1. The zero-order chi connectivity index (χ0) is 18.6. The van der Waals surface area contributed by atoms with Gasteiger partial charge in [-0.3, -0.25) is 15.2 Å². The van der Waals surface area contributed by atoms with Gasteiger partial charge in [0, 0.05) is 31.4 Å². The number of thiazole rings is 1. The van der Waals surface area contributed by atoms with Crippen LogP contribution in [0.15, 0.2) is 18.5 Å². The minimum atomic E-state index is -3.65. The smallest absolute Gasteiger partial charge is 0.228 e. The Labute approximate surface area is 155 Å². The average Bonchev–Trinajstić information content (AvgIpc) is 3.01. The number of nitrogens with zero attached hydrogens (tertiary/aromatic N) is 3. The molecule has 1 amide bonds. The van der Waals surface area contributed by atoms with Crippen LogP contribution >= 0.6 is 22.9 Å². The molecule has 0 atom stereocenters. The molecule has 2 rings (SSSR count). The Morgan fingerprint density at radius 2 is 2.16 bits per heavy atom. The van der Waals surface area contributed by atoms with Gasteiger partial charge in [-0.2, -0.15) is 0 Å². The van der Waals surface area contributed by atoms with E-state index in [1.807, 2.05) is 13.0 Å². The van der Waals surface area contributed by atoms with E-state index in [9.17, 15) is 13.2 Å². The Morgan fingerprint density at radius 1 is 1.44 bits per heavy atom. The Bertz CT molecular complexity index is 896. The number of aryl methyl sites for hydroxylation is 1. The van der Waals surface area contributed by atoms with E-state index >= 15 is 0 Å². The predicted molar refractivity (Wildman–Crippen MR) is 100 cm³/mol. The minimum Gasteiger partial charge on any atom is -0.304 e. The minimum absolute atomic E-state index is 0.174. The van der Waals surface area contributed by atoms with E-state index in [4.69, 9.17) is 17.0 Å². The number of sulfone groups is 1. The van der Waals surface area contributed by atoms with Gasteiger partial charge >= 0.3 is 0 Å². The van der Waals surface area contributed by atoms with Gasteiger partial charge in [0.25, 0.3) is 0 Å². The van der Waals surface area contributed by atoms with Crippen molar-refractivity contribution in [1.29, 1.82) is 5.41 Å². The van der Waals surface area contributed by atoms with Crippen molar-refractivity contribution in [3.05, 3.63) is 29.2 Å². The number of pyridine rings is 1. The number of carbonyl (C=O) groups is 1. The largest absolute Gasteiger partial charge is 0.304 e. The van der Waals surface area contributed by atoms with Gasteiger partial charge in [0.1, 0.15) is 15.6 Å². The highest BCUT2D eigenvalue weighted by Gasteiger charge is 2.21. The highest BCUT2D eigenvalue weighted by molar-refractivity contribution is 8.04. The lowest BCUT2D eigenvalue weighted by molar-refractivity contribution is -0.117. The molecular formula is C15H17ClN4O3S2. The van der Waals surface area contributed by atoms with Gasteiger partial charge in [-0.15, -0.1) is 0 Å². The van der Waals surface area contributed by atoms with E-state index in [1.165, 1.54) is 23.3 Å². The summed E-state index contributed by atoms with van der Waals surface area (Å²) >= 11 is 7.39. The lowest BCUT2D eigenvalue weighted by atomic mass is 10.2. The molecule has 0 aromatic carbocycles. The van der Waals surface area contributed by atoms with E-state index < -0.39 is 21.5 Å². The first-order valence-corrected chi connectivity index (χ1v) is 10.3. The SMILES string of the molecule is CCc1cncc(-c2nc(Cl)c(N(C)C(=O)CCS(=O)(=O)C=N)s2)c1. The molecule has 0 spiro atoms. The summed E-state index contributed by atoms with van der Waals surface area (Å²) in [5.74, 6) is -0.825. The zero-order valence-electron chi connectivity index (χ0n) is 13.7. The van der Waals surface area contributed by atoms with E-state index in [2.05, 4.69) is 9.97 Å². The number of anilines is 1. The van der Waals surface area contributed by atoms with Gasteiger partial charge in [-0.25, -0.2) is 13.4 Å². The molecule has 10 heteroatoms. The maximum absolute atomic E-state index is 12.2. The van der Waals surface area contributed by atoms with E-state index in [0.717, 1.165) is 17.5 Å². The summed E-state index contributed by atoms with van der Waals surface area (Å²) in [7, 11) is -2.13. The summed E-state index contributed by atoms with van der Waals surface area (Å²) in [6, 6.07) is 1.96. The summed E-state index contributed by atoms with van der Waals surface area (Å²) < 4.78 is 22.6. The molecule has 1 N–H and O–H groups in total. The molecule has 0 unspecified atom stereocenters. The normalized spacial score (nSPS) is 11.3. The van der Waals surface area contributed by atoms with Crippen LogP contribution in [-0.4, -0.2) is 42.6 Å². The van der Waals surface area contributed by atoms with Crippen molar-refractivity contribution in [2.75, 3.05) is 17.7 Å². The molecule has 0 bridgehead atoms. The molecule has 2 aromatic rings. The second-order valence-corrected chi connectivity index (χ2v) is 8.54. The summed E-state index contributed by atoms with van der Waals surface area (Å²) in [4.78, 5) is 21.9. The second kappa shape index (κ2) is 8.03. The first-order valence-electron chi connectivity index (χ1n) is 7.37. The van der Waals surface area contributed by atoms with E-state index in [0.29, 0.717) is 15.6 Å². The third-order valence-electron chi connectivity index (χ3n) is 3.48. The molecule has 0 aliphatic heterocycles. The lowest BCUT2D eigenvalue weighted by Gasteiger charge is -2.14. The summed E-state index contributed by atoms with van der Waals surface area (Å²) in [5, 5.41) is 8.06. The monoisotopic (exact) mass is 400 g/mol. The third-order valence-corrected chi connectivity index (χ3v) is 6.17. The molecule has 0 aliphatic carbocycles. The van der Waals surface area contributed by atoms with E-state index in [1.54, 1.807) is 12.4 Å². The van der Waals surface area contributed by atoms with Crippen LogP contribution in [0.2, 0.25) is 5.15 Å². The van der Waals surface area contributed by atoms with Crippen LogP contribution in [0, 0.1) is 5.41 Å². The van der Waals surface area contributed by atoms with Crippen LogP contribution in [0.5, 0.6) is 0 Å². The molecular weight excluding hydrogens is 384 g/mol. The topological polar surface area (TPSA) is 104 Å². The first kappa shape index (κ1) is 19.5. The maximum Gasteiger partial charge on any atom is 0.228 e. The van der Waals surface area contributed by atoms with Crippen molar-refractivity contribution < 1.29 is 13.2 Å². The fourth-order valence-electron chi connectivity index (χ4n) is 1.99. The van der Waals surface area contributed by atoms with Gasteiger partial charge in [0.15, 0.2) is 15.0 Å². The van der Waals surface area contributed by atoms with Gasteiger partial charge in [-0.1, -0.05) is 29.9 Å². The van der Waals surface area contributed by atoms with Gasteiger partial charge in [0.2, 0.25) is 5.91 Å². The fourth-order valence-corrected chi connectivity index (χ4v) is 3.86. The second-order valence-electron chi connectivity index (χ2n) is 5.24. The Morgan fingerprint density at radius 3 is 2.80 bits per heavy atom. The summed E-state index contributed by atoms with van der Waals surface area (Å²) in [5.41, 5.74) is 2.22. The van der Waals surface area contributed by atoms with Crippen LogP contribution < -0.4 is 4.90 Å². The van der Waals surface area contributed by atoms with Crippen molar-refractivity contribution >= 4 is 49.2 Å². The molecule has 0 saturated heterocycles. The van der Waals surface area contributed by atoms with Crippen molar-refractivity contribution in [3.63, 3.8) is 0 Å². The Hall–Kier alpha value is -1.84.